The number of hydrogen-bond donors (Lipinski definition) is 0. The van der Waals surface area contributed by atoms with E-state index in [9.17, 15) is 0 Å². The lowest BCUT2D eigenvalue weighted by atomic mass is 10.0. The fraction of sp³-hybridized carbons (Fsp3) is 0.160. The zero-order valence-electron chi connectivity index (χ0n) is 17.5. The topological polar surface area (TPSA) is 61.5 Å². The van der Waals surface area contributed by atoms with Crippen LogP contribution in [0.5, 0.6) is 5.75 Å². The van der Waals surface area contributed by atoms with Crippen molar-refractivity contribution in [3.05, 3.63) is 106 Å². The first kappa shape index (κ1) is 20.6. The van der Waals surface area contributed by atoms with Crippen LogP contribution in [0.25, 0.3) is 5.69 Å². The van der Waals surface area contributed by atoms with Gasteiger partial charge in [-0.25, -0.2) is 0 Å². The zero-order valence-corrected chi connectivity index (χ0v) is 19.1. The molecule has 0 bridgehead atoms. The number of methoxy groups -OCH3 is 1. The Labute approximate surface area is 194 Å². The molecule has 160 valence electrons. The summed E-state index contributed by atoms with van der Waals surface area (Å²) in [5, 5.41) is 8.82. The van der Waals surface area contributed by atoms with Crippen molar-refractivity contribution >= 4 is 21.6 Å². The molecule has 2 heterocycles. The van der Waals surface area contributed by atoms with Crippen LogP contribution in [-0.4, -0.2) is 27.6 Å². The van der Waals surface area contributed by atoms with E-state index in [2.05, 4.69) is 55.0 Å². The Morgan fingerprint density at radius 3 is 2.53 bits per heavy atom. The lowest BCUT2D eigenvalue weighted by Gasteiger charge is -2.14. The Hall–Kier alpha value is -3.29. The first-order valence-corrected chi connectivity index (χ1v) is 11.1. The van der Waals surface area contributed by atoms with E-state index in [0.717, 1.165) is 50.0 Å². The fourth-order valence-electron chi connectivity index (χ4n) is 3.78. The van der Waals surface area contributed by atoms with E-state index in [1.165, 1.54) is 0 Å². The lowest BCUT2D eigenvalue weighted by molar-refractivity contribution is 0.100. The number of aliphatic imine (C=N–C) groups is 1. The van der Waals surface area contributed by atoms with Gasteiger partial charge in [-0.1, -0.05) is 58.4 Å². The standard InChI is InChI=1S/C25H21BrN4O2/c1-31-20-10-7-17(8-11-20)15-32-16-24-29-28-23-14-27-25(18-5-3-2-4-6-18)21-13-19(26)9-12-22(21)30(23)24/h2-13H,14-16H2,1H3. The predicted molar refractivity (Wildman–Crippen MR) is 126 cm³/mol. The number of ether oxygens (including phenoxy) is 2. The lowest BCUT2D eigenvalue weighted by Crippen LogP contribution is -2.10. The van der Waals surface area contributed by atoms with E-state index in [4.69, 9.17) is 14.5 Å². The Morgan fingerprint density at radius 1 is 0.938 bits per heavy atom. The first-order valence-electron chi connectivity index (χ1n) is 10.3. The molecule has 32 heavy (non-hydrogen) atoms. The highest BCUT2D eigenvalue weighted by atomic mass is 79.9. The van der Waals surface area contributed by atoms with Gasteiger partial charge in [0.1, 0.15) is 18.9 Å². The number of hydrogen-bond acceptors (Lipinski definition) is 5. The second kappa shape index (κ2) is 9.06. The molecule has 0 saturated heterocycles. The van der Waals surface area contributed by atoms with Gasteiger partial charge in [0, 0.05) is 15.6 Å². The number of fused-ring (bicyclic) bond motifs is 3. The molecule has 1 aromatic heterocycles. The molecule has 1 aliphatic rings. The van der Waals surface area contributed by atoms with E-state index < -0.39 is 0 Å². The summed E-state index contributed by atoms with van der Waals surface area (Å²) in [6.07, 6.45) is 0. The third-order valence-corrected chi connectivity index (χ3v) is 5.83. The van der Waals surface area contributed by atoms with Crippen molar-refractivity contribution in [1.29, 1.82) is 0 Å². The van der Waals surface area contributed by atoms with Gasteiger partial charge in [0.25, 0.3) is 0 Å². The molecule has 3 aromatic carbocycles. The molecule has 0 amide bonds. The number of halogens is 1. The number of nitrogens with zero attached hydrogens (tertiary/aromatic N) is 4. The van der Waals surface area contributed by atoms with Crippen molar-refractivity contribution in [2.75, 3.05) is 7.11 Å². The summed E-state index contributed by atoms with van der Waals surface area (Å²) in [6.45, 7) is 1.27. The maximum Gasteiger partial charge on any atom is 0.163 e. The van der Waals surface area contributed by atoms with Gasteiger partial charge in [0.15, 0.2) is 11.6 Å². The van der Waals surface area contributed by atoms with Crippen LogP contribution in [0.2, 0.25) is 0 Å². The van der Waals surface area contributed by atoms with Crippen molar-refractivity contribution in [1.82, 2.24) is 14.8 Å². The maximum atomic E-state index is 5.98. The molecular weight excluding hydrogens is 468 g/mol. The van der Waals surface area contributed by atoms with E-state index >= 15 is 0 Å². The molecule has 5 rings (SSSR count). The summed E-state index contributed by atoms with van der Waals surface area (Å²) in [5.41, 5.74) is 5.11. The van der Waals surface area contributed by atoms with Gasteiger partial charge in [-0.15, -0.1) is 10.2 Å². The molecule has 7 heteroatoms. The van der Waals surface area contributed by atoms with Gasteiger partial charge >= 0.3 is 0 Å². The third kappa shape index (κ3) is 4.09. The molecule has 0 unspecified atom stereocenters. The number of benzene rings is 3. The van der Waals surface area contributed by atoms with Crippen LogP contribution in [0, 0.1) is 0 Å². The average Bonchev–Trinajstić information content (AvgIpc) is 3.15. The van der Waals surface area contributed by atoms with Crippen LogP contribution in [0.4, 0.5) is 0 Å². The number of rotatable bonds is 6. The Morgan fingerprint density at radius 2 is 1.75 bits per heavy atom. The fourth-order valence-corrected chi connectivity index (χ4v) is 4.14. The minimum Gasteiger partial charge on any atom is -0.497 e. The molecule has 0 fully saturated rings. The Kier molecular flexibility index (Phi) is 5.83. The van der Waals surface area contributed by atoms with Crippen LogP contribution < -0.4 is 4.74 Å². The summed E-state index contributed by atoms with van der Waals surface area (Å²) in [6, 6.07) is 24.3. The molecule has 0 atom stereocenters. The van der Waals surface area contributed by atoms with Crippen LogP contribution in [0.15, 0.2) is 82.3 Å². The predicted octanol–water partition coefficient (Wildman–Crippen LogP) is 5.11. The molecule has 0 spiro atoms. The molecule has 1 aliphatic heterocycles. The highest BCUT2D eigenvalue weighted by Crippen LogP contribution is 2.28. The van der Waals surface area contributed by atoms with Crippen molar-refractivity contribution in [3.8, 4) is 11.4 Å². The Balaban J connectivity index is 1.44. The average molecular weight is 489 g/mol. The second-order valence-corrected chi connectivity index (χ2v) is 8.32. The maximum absolute atomic E-state index is 5.98. The monoisotopic (exact) mass is 488 g/mol. The van der Waals surface area contributed by atoms with Crippen molar-refractivity contribution in [2.45, 2.75) is 19.8 Å². The quantitative estimate of drug-likeness (QED) is 0.378. The molecule has 0 radical (unpaired) electrons. The second-order valence-electron chi connectivity index (χ2n) is 7.40. The molecule has 0 aliphatic carbocycles. The molecule has 6 nitrogen and oxygen atoms in total. The summed E-state index contributed by atoms with van der Waals surface area (Å²) >= 11 is 3.61. The minimum atomic E-state index is 0.342. The third-order valence-electron chi connectivity index (χ3n) is 5.34. The van der Waals surface area contributed by atoms with Gasteiger partial charge in [0.2, 0.25) is 0 Å². The summed E-state index contributed by atoms with van der Waals surface area (Å²) in [5.74, 6) is 2.37. The van der Waals surface area contributed by atoms with E-state index in [-0.39, 0.29) is 0 Å². The van der Waals surface area contributed by atoms with Crippen LogP contribution in [0.1, 0.15) is 28.3 Å². The van der Waals surface area contributed by atoms with Crippen molar-refractivity contribution in [2.24, 2.45) is 4.99 Å². The first-order chi connectivity index (χ1) is 15.7. The van der Waals surface area contributed by atoms with E-state index in [1.807, 2.05) is 48.5 Å². The minimum absolute atomic E-state index is 0.342. The smallest absolute Gasteiger partial charge is 0.163 e. The largest absolute Gasteiger partial charge is 0.497 e. The highest BCUT2D eigenvalue weighted by Gasteiger charge is 2.23. The zero-order chi connectivity index (χ0) is 21.9. The SMILES string of the molecule is COc1ccc(COCc2nnc3n2-c2ccc(Br)cc2C(c2ccccc2)=NC3)cc1. The van der Waals surface area contributed by atoms with Crippen molar-refractivity contribution in [3.63, 3.8) is 0 Å². The summed E-state index contributed by atoms with van der Waals surface area (Å²) < 4.78 is 14.3. The van der Waals surface area contributed by atoms with Crippen LogP contribution >= 0.6 is 15.9 Å². The van der Waals surface area contributed by atoms with Crippen LogP contribution in [-0.2, 0) is 24.5 Å². The van der Waals surface area contributed by atoms with Gasteiger partial charge < -0.3 is 9.47 Å². The molecule has 4 aromatic rings. The number of aromatic nitrogens is 3. The molecular formula is C25H21BrN4O2. The summed E-state index contributed by atoms with van der Waals surface area (Å²) in [7, 11) is 1.66. The normalized spacial score (nSPS) is 12.5. The Bertz CT molecular complexity index is 1270. The van der Waals surface area contributed by atoms with Gasteiger partial charge in [-0.05, 0) is 35.9 Å². The van der Waals surface area contributed by atoms with E-state index in [0.29, 0.717) is 19.8 Å². The van der Waals surface area contributed by atoms with E-state index in [1.54, 1.807) is 7.11 Å². The van der Waals surface area contributed by atoms with Gasteiger partial charge in [-0.2, -0.15) is 0 Å². The van der Waals surface area contributed by atoms with Gasteiger partial charge in [-0.3, -0.25) is 9.56 Å². The van der Waals surface area contributed by atoms with Crippen molar-refractivity contribution < 1.29 is 9.47 Å². The van der Waals surface area contributed by atoms with Crippen LogP contribution in [0.3, 0.4) is 0 Å². The highest BCUT2D eigenvalue weighted by molar-refractivity contribution is 9.10. The molecule has 0 saturated carbocycles. The molecule has 0 N–H and O–H groups in total. The summed E-state index contributed by atoms with van der Waals surface area (Å²) in [4.78, 5) is 4.89. The van der Waals surface area contributed by atoms with Gasteiger partial charge in [0.05, 0.1) is 25.1 Å².